The molecule has 244 valence electrons. The van der Waals surface area contributed by atoms with Crippen LogP contribution in [0.4, 0.5) is 5.69 Å². The fourth-order valence-corrected chi connectivity index (χ4v) is 6.99. The van der Waals surface area contributed by atoms with Crippen LogP contribution in [0.15, 0.2) is 103 Å². The molecule has 9 heteroatoms. The Bertz CT molecular complexity index is 1930. The summed E-state index contributed by atoms with van der Waals surface area (Å²) in [6.45, 7) is 0.401. The maximum absolute atomic E-state index is 13.9. The minimum Gasteiger partial charge on any atom is -0.478 e. The third kappa shape index (κ3) is 6.46. The predicted molar refractivity (Wildman–Crippen MR) is 183 cm³/mol. The molecule has 0 atom stereocenters. The van der Waals surface area contributed by atoms with Crippen LogP contribution < -0.4 is 10.6 Å². The zero-order valence-corrected chi connectivity index (χ0v) is 26.6. The van der Waals surface area contributed by atoms with Crippen LogP contribution in [-0.4, -0.2) is 44.3 Å². The van der Waals surface area contributed by atoms with Crippen molar-refractivity contribution in [3.05, 3.63) is 126 Å². The van der Waals surface area contributed by atoms with E-state index in [0.717, 1.165) is 35.0 Å². The van der Waals surface area contributed by atoms with Crippen molar-refractivity contribution in [3.63, 3.8) is 0 Å². The van der Waals surface area contributed by atoms with Crippen molar-refractivity contribution >= 4 is 34.4 Å². The summed E-state index contributed by atoms with van der Waals surface area (Å²) in [5, 5.41) is 21.2. The molecule has 2 aliphatic carbocycles. The number of fused-ring (bicyclic) bond motifs is 1. The minimum atomic E-state index is -1.21. The topological polar surface area (TPSA) is 123 Å². The Morgan fingerprint density at radius 3 is 2.19 bits per heavy atom. The molecule has 0 radical (unpaired) electrons. The Balaban J connectivity index is 1.14. The van der Waals surface area contributed by atoms with Gasteiger partial charge in [0.25, 0.3) is 5.91 Å². The Kier molecular flexibility index (Phi) is 8.78. The van der Waals surface area contributed by atoms with Gasteiger partial charge in [0.2, 0.25) is 5.91 Å². The predicted octanol–water partition coefficient (Wildman–Crippen LogP) is 7.26. The highest BCUT2D eigenvalue weighted by molar-refractivity contribution is 6.05. The molecule has 2 fully saturated rings. The molecule has 0 unspecified atom stereocenters. The lowest BCUT2D eigenvalue weighted by molar-refractivity contribution is -0.135. The highest BCUT2D eigenvalue weighted by Crippen LogP contribution is 2.39. The van der Waals surface area contributed by atoms with Crippen molar-refractivity contribution in [2.75, 3.05) is 5.32 Å². The molecule has 2 amide bonds. The third-order valence-electron chi connectivity index (χ3n) is 9.62. The van der Waals surface area contributed by atoms with Crippen molar-refractivity contribution in [1.29, 1.82) is 0 Å². The third-order valence-corrected chi connectivity index (χ3v) is 9.62. The van der Waals surface area contributed by atoms with E-state index in [0.29, 0.717) is 36.6 Å². The Morgan fingerprint density at radius 1 is 0.833 bits per heavy atom. The van der Waals surface area contributed by atoms with E-state index < -0.39 is 11.5 Å². The molecule has 2 saturated carbocycles. The molecule has 4 aromatic carbocycles. The van der Waals surface area contributed by atoms with Gasteiger partial charge < -0.3 is 20.5 Å². The van der Waals surface area contributed by atoms with Crippen LogP contribution in [0, 0.1) is 0 Å². The second kappa shape index (κ2) is 13.4. The zero-order valence-electron chi connectivity index (χ0n) is 26.6. The van der Waals surface area contributed by atoms with Crippen LogP contribution in [-0.2, 0) is 16.1 Å². The number of carboxylic acid groups (broad SMARTS) is 1. The lowest BCUT2D eigenvalue weighted by Gasteiger charge is -2.46. The number of carboxylic acids is 1. The average molecular weight is 643 g/mol. The molecule has 0 bridgehead atoms. The van der Waals surface area contributed by atoms with Gasteiger partial charge in [-0.3, -0.25) is 9.59 Å². The lowest BCUT2D eigenvalue weighted by Crippen LogP contribution is -2.66. The van der Waals surface area contributed by atoms with Gasteiger partial charge in [0.05, 0.1) is 35.2 Å². The molecule has 0 aliphatic heterocycles. The van der Waals surface area contributed by atoms with Crippen molar-refractivity contribution in [2.24, 2.45) is 0 Å². The smallest absolute Gasteiger partial charge is 0.335 e. The lowest BCUT2D eigenvalue weighted by atomic mass is 9.73. The SMILES string of the molecule is O=C(O)c1ccc(NC(=O)C2(NC(=O)c3ccc4c(C5CCCCC5)n(-c5ccccc5)nc4c3)CC(OCc3ccccc3)C2)cc1. The van der Waals surface area contributed by atoms with Gasteiger partial charge >= 0.3 is 5.97 Å². The number of benzene rings is 4. The summed E-state index contributed by atoms with van der Waals surface area (Å²) in [6.07, 6.45) is 6.21. The number of nitrogens with one attached hydrogen (secondary N) is 2. The first kappa shape index (κ1) is 31.3. The number of hydrogen-bond donors (Lipinski definition) is 3. The van der Waals surface area contributed by atoms with Crippen LogP contribution in [0.2, 0.25) is 0 Å². The maximum atomic E-state index is 13.9. The van der Waals surface area contributed by atoms with E-state index in [1.165, 1.54) is 37.1 Å². The molecule has 9 nitrogen and oxygen atoms in total. The highest BCUT2D eigenvalue weighted by atomic mass is 16.5. The molecule has 48 heavy (non-hydrogen) atoms. The molecule has 2 aliphatic rings. The fourth-order valence-electron chi connectivity index (χ4n) is 6.99. The Morgan fingerprint density at radius 2 is 1.50 bits per heavy atom. The quantitative estimate of drug-likeness (QED) is 0.147. The second-order valence-corrected chi connectivity index (χ2v) is 12.9. The molecule has 3 N–H and O–H groups in total. The van der Waals surface area contributed by atoms with Gasteiger partial charge in [0.15, 0.2) is 0 Å². The summed E-state index contributed by atoms with van der Waals surface area (Å²) >= 11 is 0. The number of para-hydroxylation sites is 1. The number of anilines is 1. The normalized spacial score (nSPS) is 19.4. The second-order valence-electron chi connectivity index (χ2n) is 12.9. The summed E-state index contributed by atoms with van der Waals surface area (Å²) < 4.78 is 8.15. The molecule has 7 rings (SSSR count). The summed E-state index contributed by atoms with van der Waals surface area (Å²) in [6, 6.07) is 31.5. The van der Waals surface area contributed by atoms with Gasteiger partial charge in [0.1, 0.15) is 5.54 Å². The van der Waals surface area contributed by atoms with E-state index in [9.17, 15) is 19.5 Å². The fraction of sp³-hybridized carbons (Fsp3) is 0.282. The van der Waals surface area contributed by atoms with Gasteiger partial charge in [-0.05, 0) is 66.9 Å². The van der Waals surface area contributed by atoms with Gasteiger partial charge in [-0.25, -0.2) is 9.48 Å². The van der Waals surface area contributed by atoms with Crippen LogP contribution in [0.25, 0.3) is 16.6 Å². The van der Waals surface area contributed by atoms with E-state index in [1.54, 1.807) is 12.1 Å². The van der Waals surface area contributed by atoms with Gasteiger partial charge in [0, 0.05) is 35.4 Å². The van der Waals surface area contributed by atoms with Crippen molar-refractivity contribution < 1.29 is 24.2 Å². The van der Waals surface area contributed by atoms with E-state index in [2.05, 4.69) is 22.8 Å². The molecule has 0 saturated heterocycles. The van der Waals surface area contributed by atoms with Crippen LogP contribution in [0.3, 0.4) is 0 Å². The average Bonchev–Trinajstić information content (AvgIpc) is 3.49. The molecule has 1 aromatic heterocycles. The first-order valence-electron chi connectivity index (χ1n) is 16.6. The van der Waals surface area contributed by atoms with Crippen LogP contribution >= 0.6 is 0 Å². The minimum absolute atomic E-state index is 0.116. The molecular weight excluding hydrogens is 604 g/mol. The molecule has 1 heterocycles. The van der Waals surface area contributed by atoms with Gasteiger partial charge in [-0.1, -0.05) is 73.9 Å². The number of aromatic carboxylic acids is 1. The molecular formula is C39H38N4O5. The number of ether oxygens (including phenoxy) is 1. The number of nitrogens with zero attached hydrogens (tertiary/aromatic N) is 2. The maximum Gasteiger partial charge on any atom is 0.335 e. The van der Waals surface area contributed by atoms with E-state index in [-0.39, 0.29) is 23.5 Å². The first-order valence-corrected chi connectivity index (χ1v) is 16.6. The monoisotopic (exact) mass is 642 g/mol. The number of carbonyl (C=O) groups excluding carboxylic acids is 2. The van der Waals surface area contributed by atoms with Gasteiger partial charge in [-0.15, -0.1) is 0 Å². The summed E-state index contributed by atoms with van der Waals surface area (Å²) in [5.41, 5.74) is 3.70. The standard InChI is InChI=1S/C39H38N4O5/c44-36(29-18-21-33-34(22-29)42-43(31-14-8-3-9-15-31)35(33)27-12-6-2-7-13-27)41-39(23-32(24-39)48-25-26-10-4-1-5-11-26)38(47)40-30-19-16-28(17-20-30)37(45)46/h1,3-5,8-11,14-22,27,32H,2,6-7,12-13,23-25H2,(H,40,47)(H,41,44)(H,45,46). The van der Waals surface area contributed by atoms with E-state index in [1.807, 2.05) is 71.4 Å². The van der Waals surface area contributed by atoms with Crippen LogP contribution in [0.5, 0.6) is 0 Å². The van der Waals surface area contributed by atoms with Crippen molar-refractivity contribution in [1.82, 2.24) is 15.1 Å². The summed E-state index contributed by atoms with van der Waals surface area (Å²) in [5.74, 6) is -1.41. The number of aromatic nitrogens is 2. The largest absolute Gasteiger partial charge is 0.478 e. The summed E-state index contributed by atoms with van der Waals surface area (Å²) in [7, 11) is 0. The number of amides is 2. The molecule has 5 aromatic rings. The Hall–Kier alpha value is -5.28. The Labute approximate surface area is 278 Å². The number of hydrogen-bond acceptors (Lipinski definition) is 5. The van der Waals surface area contributed by atoms with Crippen LogP contribution in [0.1, 0.15) is 82.8 Å². The number of carbonyl (C=O) groups is 3. The zero-order chi connectivity index (χ0) is 33.1. The van der Waals surface area contributed by atoms with E-state index in [4.69, 9.17) is 9.84 Å². The first-order chi connectivity index (χ1) is 23.4. The highest BCUT2D eigenvalue weighted by Gasteiger charge is 2.52. The van der Waals surface area contributed by atoms with Crippen molar-refractivity contribution in [2.45, 2.75) is 69.1 Å². The summed E-state index contributed by atoms with van der Waals surface area (Å²) in [4.78, 5) is 39.0. The molecule has 0 spiro atoms. The van der Waals surface area contributed by atoms with Crippen molar-refractivity contribution in [3.8, 4) is 5.69 Å². The number of rotatable bonds is 10. The van der Waals surface area contributed by atoms with E-state index >= 15 is 0 Å². The van der Waals surface area contributed by atoms with Gasteiger partial charge in [-0.2, -0.15) is 5.10 Å².